The molecule has 0 aliphatic carbocycles. The number of rotatable bonds is 12. The Labute approximate surface area is 162 Å². The standard InChI is InChI=1S/C23H31NO3/c1-3-4-5-6-7-8-17-27-22-15-9-19(10-16-22)18-24-21-13-11-20(12-14-21)23(25)26-2/h9-16,24H,3-8,17-18H2,1-2H3. The van der Waals surface area contributed by atoms with Gasteiger partial charge in [-0.25, -0.2) is 4.79 Å². The second-order valence-corrected chi connectivity index (χ2v) is 6.68. The zero-order chi connectivity index (χ0) is 19.3. The SMILES string of the molecule is CCCCCCCCOc1ccc(CNc2ccc(C(=O)OC)cc2)cc1. The lowest BCUT2D eigenvalue weighted by Crippen LogP contribution is -2.03. The summed E-state index contributed by atoms with van der Waals surface area (Å²) < 4.78 is 10.5. The topological polar surface area (TPSA) is 47.6 Å². The van der Waals surface area contributed by atoms with E-state index < -0.39 is 0 Å². The van der Waals surface area contributed by atoms with Crippen LogP contribution in [0.25, 0.3) is 0 Å². The smallest absolute Gasteiger partial charge is 0.337 e. The number of carbonyl (C=O) groups is 1. The van der Waals surface area contributed by atoms with Crippen molar-refractivity contribution >= 4 is 11.7 Å². The quantitative estimate of drug-likeness (QED) is 0.378. The molecule has 0 fully saturated rings. The average Bonchev–Trinajstić information content (AvgIpc) is 2.72. The fourth-order valence-electron chi connectivity index (χ4n) is 2.82. The van der Waals surface area contributed by atoms with Crippen LogP contribution in [0.1, 0.15) is 61.4 Å². The van der Waals surface area contributed by atoms with E-state index in [1.54, 1.807) is 12.1 Å². The first kappa shape index (κ1) is 20.8. The second kappa shape index (κ2) is 12.0. The molecule has 4 nitrogen and oxygen atoms in total. The van der Waals surface area contributed by atoms with Crippen molar-refractivity contribution in [2.75, 3.05) is 19.0 Å². The number of carbonyl (C=O) groups excluding carboxylic acids is 1. The molecule has 0 aliphatic heterocycles. The third-order valence-electron chi connectivity index (χ3n) is 4.49. The van der Waals surface area contributed by atoms with Crippen molar-refractivity contribution < 1.29 is 14.3 Å². The summed E-state index contributed by atoms with van der Waals surface area (Å²) in [6.45, 7) is 3.74. The van der Waals surface area contributed by atoms with Crippen LogP contribution in [0.15, 0.2) is 48.5 Å². The number of ether oxygens (including phenoxy) is 2. The number of anilines is 1. The zero-order valence-corrected chi connectivity index (χ0v) is 16.5. The molecule has 0 spiro atoms. The van der Waals surface area contributed by atoms with Crippen LogP contribution in [0, 0.1) is 0 Å². The van der Waals surface area contributed by atoms with Gasteiger partial charge in [0.05, 0.1) is 19.3 Å². The second-order valence-electron chi connectivity index (χ2n) is 6.68. The van der Waals surface area contributed by atoms with Crippen LogP contribution in [-0.2, 0) is 11.3 Å². The first-order valence-corrected chi connectivity index (χ1v) is 9.87. The third kappa shape index (κ3) is 7.73. The zero-order valence-electron chi connectivity index (χ0n) is 16.5. The maximum absolute atomic E-state index is 11.4. The maximum atomic E-state index is 11.4. The van der Waals surface area contributed by atoms with Gasteiger partial charge in [0.1, 0.15) is 5.75 Å². The van der Waals surface area contributed by atoms with E-state index in [0.29, 0.717) is 5.56 Å². The fraction of sp³-hybridized carbons (Fsp3) is 0.435. The number of methoxy groups -OCH3 is 1. The molecule has 2 aromatic rings. The summed E-state index contributed by atoms with van der Waals surface area (Å²) in [6.07, 6.45) is 7.64. The van der Waals surface area contributed by atoms with Crippen molar-refractivity contribution in [3.05, 3.63) is 59.7 Å². The monoisotopic (exact) mass is 369 g/mol. The van der Waals surface area contributed by atoms with Crippen molar-refractivity contribution in [3.8, 4) is 5.75 Å². The fourth-order valence-corrected chi connectivity index (χ4v) is 2.82. The molecule has 2 aromatic carbocycles. The van der Waals surface area contributed by atoms with Crippen LogP contribution in [-0.4, -0.2) is 19.7 Å². The van der Waals surface area contributed by atoms with Crippen molar-refractivity contribution in [2.45, 2.75) is 52.0 Å². The molecule has 146 valence electrons. The van der Waals surface area contributed by atoms with Crippen LogP contribution in [0.5, 0.6) is 5.75 Å². The number of benzene rings is 2. The summed E-state index contributed by atoms with van der Waals surface area (Å²) in [6, 6.07) is 15.5. The molecule has 0 bridgehead atoms. The van der Waals surface area contributed by atoms with E-state index in [1.165, 1.54) is 44.8 Å². The minimum atomic E-state index is -0.321. The van der Waals surface area contributed by atoms with Gasteiger partial charge in [-0.3, -0.25) is 0 Å². The molecule has 1 N–H and O–H groups in total. The van der Waals surface area contributed by atoms with E-state index in [1.807, 2.05) is 24.3 Å². The highest BCUT2D eigenvalue weighted by molar-refractivity contribution is 5.89. The van der Waals surface area contributed by atoms with Crippen LogP contribution in [0.3, 0.4) is 0 Å². The van der Waals surface area contributed by atoms with Crippen LogP contribution in [0.2, 0.25) is 0 Å². The van der Waals surface area contributed by atoms with E-state index in [4.69, 9.17) is 9.47 Å². The van der Waals surface area contributed by atoms with Crippen molar-refractivity contribution in [3.63, 3.8) is 0 Å². The van der Waals surface area contributed by atoms with E-state index in [-0.39, 0.29) is 5.97 Å². The summed E-state index contributed by atoms with van der Waals surface area (Å²) in [5, 5.41) is 3.35. The molecular weight excluding hydrogens is 338 g/mol. The number of nitrogens with one attached hydrogen (secondary N) is 1. The number of hydrogen-bond donors (Lipinski definition) is 1. The highest BCUT2D eigenvalue weighted by atomic mass is 16.5. The van der Waals surface area contributed by atoms with Crippen molar-refractivity contribution in [1.82, 2.24) is 0 Å². The van der Waals surface area contributed by atoms with Gasteiger partial charge in [0.2, 0.25) is 0 Å². The lowest BCUT2D eigenvalue weighted by Gasteiger charge is -2.09. The Hall–Kier alpha value is -2.49. The lowest BCUT2D eigenvalue weighted by atomic mass is 10.1. The first-order chi connectivity index (χ1) is 13.2. The van der Waals surface area contributed by atoms with Crippen LogP contribution in [0.4, 0.5) is 5.69 Å². The molecule has 0 atom stereocenters. The van der Waals surface area contributed by atoms with Gasteiger partial charge in [-0.1, -0.05) is 51.2 Å². The molecule has 0 heterocycles. The van der Waals surface area contributed by atoms with E-state index >= 15 is 0 Å². The summed E-state index contributed by atoms with van der Waals surface area (Å²) >= 11 is 0. The highest BCUT2D eigenvalue weighted by Gasteiger charge is 2.04. The Morgan fingerprint density at radius 3 is 2.22 bits per heavy atom. The predicted molar refractivity (Wildman–Crippen MR) is 110 cm³/mol. The van der Waals surface area contributed by atoms with E-state index in [0.717, 1.165) is 31.0 Å². The number of unbranched alkanes of at least 4 members (excludes halogenated alkanes) is 5. The summed E-state index contributed by atoms with van der Waals surface area (Å²) in [5.41, 5.74) is 2.69. The molecule has 0 radical (unpaired) electrons. The summed E-state index contributed by atoms with van der Waals surface area (Å²) in [7, 11) is 1.38. The molecule has 0 saturated heterocycles. The van der Waals surface area contributed by atoms with Gasteiger partial charge in [-0.05, 0) is 48.4 Å². The minimum Gasteiger partial charge on any atom is -0.494 e. The molecule has 2 rings (SSSR count). The van der Waals surface area contributed by atoms with Gasteiger partial charge in [0, 0.05) is 12.2 Å². The van der Waals surface area contributed by atoms with Gasteiger partial charge in [-0.15, -0.1) is 0 Å². The van der Waals surface area contributed by atoms with Crippen molar-refractivity contribution in [2.24, 2.45) is 0 Å². The molecule has 0 amide bonds. The van der Waals surface area contributed by atoms with Gasteiger partial charge < -0.3 is 14.8 Å². The van der Waals surface area contributed by atoms with Crippen molar-refractivity contribution in [1.29, 1.82) is 0 Å². The minimum absolute atomic E-state index is 0.321. The van der Waals surface area contributed by atoms with Crippen LogP contribution < -0.4 is 10.1 Å². The van der Waals surface area contributed by atoms with E-state index in [2.05, 4.69) is 24.4 Å². The average molecular weight is 370 g/mol. The number of esters is 1. The maximum Gasteiger partial charge on any atom is 0.337 e. The summed E-state index contributed by atoms with van der Waals surface area (Å²) in [5.74, 6) is 0.604. The van der Waals surface area contributed by atoms with Gasteiger partial charge in [0.15, 0.2) is 0 Å². The molecule has 4 heteroatoms. The Kier molecular flexibility index (Phi) is 9.25. The van der Waals surface area contributed by atoms with Gasteiger partial charge >= 0.3 is 5.97 Å². The molecule has 27 heavy (non-hydrogen) atoms. The normalized spacial score (nSPS) is 10.4. The predicted octanol–water partition coefficient (Wildman–Crippen LogP) is 5.82. The molecular formula is C23H31NO3. The largest absolute Gasteiger partial charge is 0.494 e. The third-order valence-corrected chi connectivity index (χ3v) is 4.49. The molecule has 0 unspecified atom stereocenters. The Morgan fingerprint density at radius 2 is 1.56 bits per heavy atom. The Bertz CT molecular complexity index is 665. The molecule has 0 aromatic heterocycles. The summed E-state index contributed by atoms with van der Waals surface area (Å²) in [4.78, 5) is 11.4. The number of hydrogen-bond acceptors (Lipinski definition) is 4. The highest BCUT2D eigenvalue weighted by Crippen LogP contribution is 2.16. The van der Waals surface area contributed by atoms with Gasteiger partial charge in [-0.2, -0.15) is 0 Å². The molecule has 0 aliphatic rings. The van der Waals surface area contributed by atoms with Gasteiger partial charge in [0.25, 0.3) is 0 Å². The molecule has 0 saturated carbocycles. The van der Waals surface area contributed by atoms with Crippen LogP contribution >= 0.6 is 0 Å². The Balaban J connectivity index is 1.68. The van der Waals surface area contributed by atoms with E-state index in [9.17, 15) is 4.79 Å². The first-order valence-electron chi connectivity index (χ1n) is 9.87. The lowest BCUT2D eigenvalue weighted by molar-refractivity contribution is 0.0601. The Morgan fingerprint density at radius 1 is 0.889 bits per heavy atom.